The molecule has 11 nitrogen and oxygen atoms in total. The first-order chi connectivity index (χ1) is 21.7. The molecule has 2 aromatic rings. The van der Waals surface area contributed by atoms with Crippen LogP contribution < -0.4 is 26.0 Å². The molecule has 0 aliphatic heterocycles. The van der Waals surface area contributed by atoms with Crippen LogP contribution in [0.3, 0.4) is 0 Å². The summed E-state index contributed by atoms with van der Waals surface area (Å²) in [5.41, 5.74) is 1.72. The van der Waals surface area contributed by atoms with Crippen molar-refractivity contribution in [2.24, 2.45) is 5.92 Å². The minimum Gasteiger partial charge on any atom is -0.490 e. The summed E-state index contributed by atoms with van der Waals surface area (Å²) in [6.07, 6.45) is 4.96. The highest BCUT2D eigenvalue weighted by Crippen LogP contribution is 2.24. The first-order valence-corrected chi connectivity index (χ1v) is 15.7. The summed E-state index contributed by atoms with van der Waals surface area (Å²) < 4.78 is 16.3. The Balaban J connectivity index is 1.60. The number of methoxy groups -OCH3 is 1. The number of hydrogen-bond donors (Lipinski definition) is 4. The second-order valence-corrected chi connectivity index (χ2v) is 11.7. The van der Waals surface area contributed by atoms with Crippen molar-refractivity contribution in [2.75, 3.05) is 20.7 Å². The predicted molar refractivity (Wildman–Crippen MR) is 170 cm³/mol. The van der Waals surface area contributed by atoms with Gasteiger partial charge in [0.2, 0.25) is 11.8 Å². The zero-order valence-electron chi connectivity index (χ0n) is 26.8. The molecule has 0 bridgehead atoms. The van der Waals surface area contributed by atoms with Gasteiger partial charge in [0.05, 0.1) is 19.3 Å². The van der Waals surface area contributed by atoms with Crippen LogP contribution in [0, 0.1) is 5.92 Å². The molecular formula is C34H48N4O7. The smallest absolute Gasteiger partial charge is 0.407 e. The number of nitrogens with one attached hydrogen (secondary N) is 4. The molecule has 0 heterocycles. The summed E-state index contributed by atoms with van der Waals surface area (Å²) in [5.74, 6) is -0.425. The first kappa shape index (κ1) is 35.4. The van der Waals surface area contributed by atoms with Crippen LogP contribution >= 0.6 is 0 Å². The van der Waals surface area contributed by atoms with Crippen molar-refractivity contribution in [3.63, 3.8) is 0 Å². The Bertz CT molecular complexity index is 1220. The molecule has 45 heavy (non-hydrogen) atoms. The molecule has 11 heteroatoms. The summed E-state index contributed by atoms with van der Waals surface area (Å²) in [5, 5.41) is 11.3. The Hall–Kier alpha value is -4.12. The molecule has 3 atom stereocenters. The number of likely N-dealkylation sites (N-methyl/N-ethyl adjacent to an activating group) is 1. The van der Waals surface area contributed by atoms with Crippen LogP contribution in [-0.4, -0.2) is 68.8 Å². The number of hydrogen-bond acceptors (Lipinski definition) is 8. The lowest BCUT2D eigenvalue weighted by molar-refractivity contribution is -0.144. The van der Waals surface area contributed by atoms with Crippen molar-refractivity contribution in [1.82, 2.24) is 21.3 Å². The van der Waals surface area contributed by atoms with Crippen molar-refractivity contribution < 1.29 is 33.4 Å². The molecule has 4 N–H and O–H groups in total. The average molecular weight is 625 g/mol. The summed E-state index contributed by atoms with van der Waals surface area (Å²) in [7, 11) is 2.79. The van der Waals surface area contributed by atoms with E-state index in [1.807, 2.05) is 68.4 Å². The Morgan fingerprint density at radius 3 is 2.18 bits per heavy atom. The SMILES string of the molecule is CNC(=O)[C@H](Cc1ccc(OC2CCCC2)cc1)NC(=O)[C@H](CC(C)C)N[C@H](CCNC(=O)OCc1ccccc1)C(=O)OC. The van der Waals surface area contributed by atoms with Crippen LogP contribution in [0.5, 0.6) is 5.75 Å². The highest BCUT2D eigenvalue weighted by molar-refractivity contribution is 5.90. The second kappa shape index (κ2) is 18.6. The lowest BCUT2D eigenvalue weighted by Gasteiger charge is -2.27. The number of alkyl carbamates (subject to hydrolysis) is 1. The lowest BCUT2D eigenvalue weighted by atomic mass is 9.99. The van der Waals surface area contributed by atoms with Crippen LogP contribution in [0.25, 0.3) is 0 Å². The van der Waals surface area contributed by atoms with Crippen LogP contribution in [-0.2, 0) is 36.9 Å². The number of carbonyl (C=O) groups excluding carboxylic acids is 4. The van der Waals surface area contributed by atoms with E-state index in [0.717, 1.165) is 29.7 Å². The molecule has 1 saturated carbocycles. The van der Waals surface area contributed by atoms with Crippen molar-refractivity contribution >= 4 is 23.9 Å². The molecule has 1 fully saturated rings. The van der Waals surface area contributed by atoms with Crippen molar-refractivity contribution in [1.29, 1.82) is 0 Å². The van der Waals surface area contributed by atoms with Crippen molar-refractivity contribution in [2.45, 2.75) is 89.6 Å². The predicted octanol–water partition coefficient (Wildman–Crippen LogP) is 3.64. The maximum Gasteiger partial charge on any atom is 0.407 e. The Labute approximate surface area is 266 Å². The first-order valence-electron chi connectivity index (χ1n) is 15.7. The summed E-state index contributed by atoms with van der Waals surface area (Å²) in [6, 6.07) is 14.4. The van der Waals surface area contributed by atoms with Gasteiger partial charge in [-0.2, -0.15) is 0 Å². The fourth-order valence-corrected chi connectivity index (χ4v) is 5.26. The molecule has 3 amide bonds. The Morgan fingerprint density at radius 1 is 0.867 bits per heavy atom. The normalized spacial score (nSPS) is 15.0. The fraction of sp³-hybridized carbons (Fsp3) is 0.529. The van der Waals surface area contributed by atoms with Crippen LogP contribution in [0.1, 0.15) is 63.5 Å². The zero-order chi connectivity index (χ0) is 32.6. The van der Waals surface area contributed by atoms with E-state index in [-0.39, 0.29) is 43.9 Å². The van der Waals surface area contributed by atoms with Gasteiger partial charge in [-0.15, -0.1) is 0 Å². The van der Waals surface area contributed by atoms with E-state index in [1.165, 1.54) is 27.0 Å². The van der Waals surface area contributed by atoms with E-state index in [2.05, 4.69) is 21.3 Å². The van der Waals surface area contributed by atoms with E-state index in [0.29, 0.717) is 6.42 Å². The molecule has 2 aromatic carbocycles. The lowest BCUT2D eigenvalue weighted by Crippen LogP contribution is -2.56. The molecule has 0 aromatic heterocycles. The van der Waals surface area contributed by atoms with E-state index in [4.69, 9.17) is 14.2 Å². The number of rotatable bonds is 17. The number of ether oxygens (including phenoxy) is 3. The van der Waals surface area contributed by atoms with E-state index >= 15 is 0 Å². The summed E-state index contributed by atoms with van der Waals surface area (Å²) >= 11 is 0. The maximum absolute atomic E-state index is 13.6. The van der Waals surface area contributed by atoms with Crippen molar-refractivity contribution in [3.8, 4) is 5.75 Å². The zero-order valence-corrected chi connectivity index (χ0v) is 26.8. The summed E-state index contributed by atoms with van der Waals surface area (Å²) in [4.78, 5) is 51.3. The van der Waals surface area contributed by atoms with Gasteiger partial charge in [-0.3, -0.25) is 19.7 Å². The van der Waals surface area contributed by atoms with Crippen LogP contribution in [0.15, 0.2) is 54.6 Å². The molecular weight excluding hydrogens is 576 g/mol. The third-order valence-electron chi connectivity index (χ3n) is 7.67. The van der Waals surface area contributed by atoms with Gasteiger partial charge in [0.1, 0.15) is 24.4 Å². The van der Waals surface area contributed by atoms with E-state index in [9.17, 15) is 19.2 Å². The van der Waals surface area contributed by atoms with E-state index in [1.54, 1.807) is 0 Å². The fourth-order valence-electron chi connectivity index (χ4n) is 5.26. The van der Waals surface area contributed by atoms with Gasteiger partial charge in [-0.1, -0.05) is 56.3 Å². The molecule has 1 aliphatic carbocycles. The number of esters is 1. The van der Waals surface area contributed by atoms with Gasteiger partial charge in [-0.25, -0.2) is 4.79 Å². The van der Waals surface area contributed by atoms with Gasteiger partial charge < -0.3 is 30.2 Å². The molecule has 0 radical (unpaired) electrons. The van der Waals surface area contributed by atoms with Gasteiger partial charge in [0, 0.05) is 20.0 Å². The number of amides is 3. The van der Waals surface area contributed by atoms with Gasteiger partial charge >= 0.3 is 12.1 Å². The molecule has 1 aliphatic rings. The Morgan fingerprint density at radius 2 is 1.56 bits per heavy atom. The van der Waals surface area contributed by atoms with Crippen LogP contribution in [0.4, 0.5) is 4.79 Å². The third kappa shape index (κ3) is 12.4. The number of benzene rings is 2. The monoisotopic (exact) mass is 624 g/mol. The molecule has 246 valence electrons. The van der Waals surface area contributed by atoms with E-state index < -0.39 is 36.1 Å². The second-order valence-electron chi connectivity index (χ2n) is 11.7. The minimum absolute atomic E-state index is 0.100. The topological polar surface area (TPSA) is 144 Å². The van der Waals surface area contributed by atoms with Gasteiger partial charge in [-0.05, 0) is 67.7 Å². The highest BCUT2D eigenvalue weighted by atomic mass is 16.5. The molecule has 0 unspecified atom stereocenters. The third-order valence-corrected chi connectivity index (χ3v) is 7.67. The maximum atomic E-state index is 13.6. The van der Waals surface area contributed by atoms with Crippen LogP contribution in [0.2, 0.25) is 0 Å². The summed E-state index contributed by atoms with van der Waals surface area (Å²) in [6.45, 7) is 4.15. The van der Waals surface area contributed by atoms with Gasteiger partial charge in [0.15, 0.2) is 0 Å². The number of carbonyl (C=O) groups is 4. The molecule has 0 spiro atoms. The highest BCUT2D eigenvalue weighted by Gasteiger charge is 2.30. The average Bonchev–Trinajstić information content (AvgIpc) is 3.56. The molecule has 3 rings (SSSR count). The molecule has 0 saturated heterocycles. The van der Waals surface area contributed by atoms with Gasteiger partial charge in [0.25, 0.3) is 0 Å². The quantitative estimate of drug-likeness (QED) is 0.195. The minimum atomic E-state index is -0.884. The standard InChI is InChI=1S/C34H48N4O7/c1-23(2)20-29(37-28(33(41)43-4)18-19-36-34(42)44-22-25-10-6-5-7-11-25)32(40)38-30(31(39)35-3)21-24-14-16-27(17-15-24)45-26-12-8-9-13-26/h5-7,10-11,14-17,23,26,28-30,37H,8-9,12-13,18-22H2,1-4H3,(H,35,39)(H,36,42)(H,38,40)/t28-,29+,30+/m1/s1. The Kier molecular flexibility index (Phi) is 14.6. The largest absolute Gasteiger partial charge is 0.490 e. The van der Waals surface area contributed by atoms with Crippen molar-refractivity contribution in [3.05, 3.63) is 65.7 Å².